The third kappa shape index (κ3) is 18.6. The highest BCUT2D eigenvalue weighted by molar-refractivity contribution is 7.54. The van der Waals surface area contributed by atoms with Crippen molar-refractivity contribution in [3.8, 4) is 0 Å². The molecule has 0 spiro atoms. The number of halogens is 1. The molecular formula is C26H50FO6P. The van der Waals surface area contributed by atoms with Crippen molar-refractivity contribution in [1.29, 1.82) is 0 Å². The van der Waals surface area contributed by atoms with E-state index < -0.39 is 32.0 Å². The zero-order chi connectivity index (χ0) is 25.5. The molecule has 0 amide bonds. The lowest BCUT2D eigenvalue weighted by Crippen LogP contribution is -2.23. The number of aliphatic hydroxyl groups excluding tert-OH is 1. The minimum atomic E-state index is -3.93. The van der Waals surface area contributed by atoms with E-state index in [1.165, 1.54) is 51.4 Å². The van der Waals surface area contributed by atoms with Crippen LogP contribution in [-0.2, 0) is 23.1 Å². The number of hydrogen-bond donors (Lipinski definition) is 1. The lowest BCUT2D eigenvalue weighted by Gasteiger charge is -2.22. The molecule has 0 aliphatic carbocycles. The number of alkyl halides is 1. The summed E-state index contributed by atoms with van der Waals surface area (Å²) in [6.45, 7) is 5.17. The summed E-state index contributed by atoms with van der Waals surface area (Å²) in [6.07, 6.45) is 18.5. The van der Waals surface area contributed by atoms with Crippen LogP contribution in [-0.4, -0.2) is 42.9 Å². The smallest absolute Gasteiger partial charge is 0.364 e. The predicted octanol–water partition coefficient (Wildman–Crippen LogP) is 7.88. The zero-order valence-corrected chi connectivity index (χ0v) is 22.7. The number of hydrogen-bond acceptors (Lipinski definition) is 6. The maximum Gasteiger partial charge on any atom is 0.364 e. The van der Waals surface area contributed by atoms with Crippen LogP contribution in [0.3, 0.4) is 0 Å². The van der Waals surface area contributed by atoms with Crippen LogP contribution in [0.1, 0.15) is 117 Å². The molecule has 0 heterocycles. The summed E-state index contributed by atoms with van der Waals surface area (Å²) in [7, 11) is -3.93. The highest BCUT2D eigenvalue weighted by atomic mass is 31.2. The normalized spacial score (nSPS) is 13.9. The Morgan fingerprint density at radius 2 is 1.35 bits per heavy atom. The van der Waals surface area contributed by atoms with Crippen LogP contribution >= 0.6 is 7.60 Å². The van der Waals surface area contributed by atoms with Crippen molar-refractivity contribution >= 4 is 13.6 Å². The van der Waals surface area contributed by atoms with Gasteiger partial charge in [0, 0.05) is 12.8 Å². The maximum atomic E-state index is 14.3. The fraction of sp³-hybridized carbons (Fsp3) is 0.885. The van der Waals surface area contributed by atoms with Crippen LogP contribution in [0.15, 0.2) is 12.2 Å². The lowest BCUT2D eigenvalue weighted by molar-refractivity contribution is -0.147. The van der Waals surface area contributed by atoms with Crippen LogP contribution < -0.4 is 0 Å². The second-order valence-corrected chi connectivity index (χ2v) is 10.9. The number of carbonyl (C=O) groups is 1. The van der Waals surface area contributed by atoms with Crippen molar-refractivity contribution in [1.82, 2.24) is 0 Å². The first-order chi connectivity index (χ1) is 16.4. The van der Waals surface area contributed by atoms with E-state index in [1.807, 2.05) is 0 Å². The Labute approximate surface area is 207 Å². The first kappa shape index (κ1) is 33.2. The zero-order valence-electron chi connectivity index (χ0n) is 21.9. The van der Waals surface area contributed by atoms with Gasteiger partial charge >= 0.3 is 13.6 Å². The molecule has 0 saturated heterocycles. The predicted molar refractivity (Wildman–Crippen MR) is 137 cm³/mol. The van der Waals surface area contributed by atoms with E-state index >= 15 is 0 Å². The molecule has 6 nitrogen and oxygen atoms in total. The molecule has 202 valence electrons. The van der Waals surface area contributed by atoms with E-state index in [4.69, 9.17) is 13.8 Å². The molecule has 0 aliphatic heterocycles. The SMILES string of the molecule is CCCCCCCCC=CCCCCCCCC(=O)OC[C@H](O)CC(F)P(=O)(OCC)OCC. The molecular weight excluding hydrogens is 458 g/mol. The van der Waals surface area contributed by atoms with E-state index in [-0.39, 0.29) is 26.2 Å². The molecule has 1 N–H and O–H groups in total. The fourth-order valence-corrected chi connectivity index (χ4v) is 5.20. The molecule has 0 aromatic rings. The average molecular weight is 509 g/mol. The first-order valence-corrected chi connectivity index (χ1v) is 15.0. The highest BCUT2D eigenvalue weighted by Crippen LogP contribution is 2.55. The van der Waals surface area contributed by atoms with Gasteiger partial charge in [-0.25, -0.2) is 4.39 Å². The number of allylic oxidation sites excluding steroid dienone is 2. The average Bonchev–Trinajstić information content (AvgIpc) is 2.80. The number of esters is 1. The summed E-state index contributed by atoms with van der Waals surface area (Å²) in [5, 5.41) is 9.92. The van der Waals surface area contributed by atoms with Crippen LogP contribution in [0.25, 0.3) is 0 Å². The van der Waals surface area contributed by atoms with Gasteiger partial charge in [0.2, 0.25) is 5.91 Å². The minimum absolute atomic E-state index is 0.0404. The van der Waals surface area contributed by atoms with Gasteiger partial charge in [0.05, 0.1) is 19.3 Å². The van der Waals surface area contributed by atoms with Gasteiger partial charge in [0.1, 0.15) is 6.61 Å². The van der Waals surface area contributed by atoms with Crippen molar-refractivity contribution in [2.24, 2.45) is 0 Å². The Morgan fingerprint density at radius 3 is 1.88 bits per heavy atom. The molecule has 34 heavy (non-hydrogen) atoms. The van der Waals surface area contributed by atoms with Gasteiger partial charge in [-0.05, 0) is 46.0 Å². The van der Waals surface area contributed by atoms with E-state index in [0.717, 1.165) is 32.1 Å². The van der Waals surface area contributed by atoms with Crippen LogP contribution in [0, 0.1) is 0 Å². The Balaban J connectivity index is 3.70. The van der Waals surface area contributed by atoms with Gasteiger partial charge in [-0.1, -0.05) is 70.4 Å². The monoisotopic (exact) mass is 508 g/mol. The van der Waals surface area contributed by atoms with Gasteiger partial charge in [-0.3, -0.25) is 9.36 Å². The fourth-order valence-electron chi connectivity index (χ4n) is 3.58. The van der Waals surface area contributed by atoms with Crippen LogP contribution in [0.4, 0.5) is 4.39 Å². The molecule has 2 atom stereocenters. The molecule has 0 fully saturated rings. The topological polar surface area (TPSA) is 82.1 Å². The van der Waals surface area contributed by atoms with Crippen molar-refractivity contribution in [3.05, 3.63) is 12.2 Å². The van der Waals surface area contributed by atoms with Crippen LogP contribution in [0.5, 0.6) is 0 Å². The second kappa shape index (κ2) is 22.7. The number of carbonyl (C=O) groups excluding carboxylic acids is 1. The van der Waals surface area contributed by atoms with Crippen LogP contribution in [0.2, 0.25) is 0 Å². The first-order valence-electron chi connectivity index (χ1n) is 13.4. The quantitative estimate of drug-likeness (QED) is 0.0618. The van der Waals surface area contributed by atoms with Crippen molar-refractivity contribution in [3.63, 3.8) is 0 Å². The molecule has 0 saturated carbocycles. The third-order valence-corrected chi connectivity index (χ3v) is 7.64. The number of unbranched alkanes of at least 4 members (excludes halogenated alkanes) is 11. The summed E-state index contributed by atoms with van der Waals surface area (Å²) >= 11 is 0. The van der Waals surface area contributed by atoms with E-state index in [0.29, 0.717) is 0 Å². The summed E-state index contributed by atoms with van der Waals surface area (Å²) in [5.74, 6) is -2.38. The Morgan fingerprint density at radius 1 is 0.853 bits per heavy atom. The molecule has 0 aliphatic rings. The summed E-state index contributed by atoms with van der Waals surface area (Å²) in [5.41, 5.74) is 0. The molecule has 0 rings (SSSR count). The van der Waals surface area contributed by atoms with E-state index in [9.17, 15) is 18.9 Å². The Bertz CT molecular complexity index is 547. The van der Waals surface area contributed by atoms with Gasteiger partial charge in [0.15, 0.2) is 0 Å². The van der Waals surface area contributed by atoms with Crippen molar-refractivity contribution < 1.29 is 32.6 Å². The summed E-state index contributed by atoms with van der Waals surface area (Å²) in [4.78, 5) is 11.8. The lowest BCUT2D eigenvalue weighted by atomic mass is 10.1. The van der Waals surface area contributed by atoms with Crippen molar-refractivity contribution in [2.75, 3.05) is 19.8 Å². The van der Waals surface area contributed by atoms with Gasteiger partial charge in [-0.2, -0.15) is 0 Å². The second-order valence-electron chi connectivity index (χ2n) is 8.72. The van der Waals surface area contributed by atoms with Gasteiger partial charge in [-0.15, -0.1) is 0 Å². The minimum Gasteiger partial charge on any atom is -0.463 e. The highest BCUT2D eigenvalue weighted by Gasteiger charge is 2.37. The van der Waals surface area contributed by atoms with Gasteiger partial charge < -0.3 is 18.9 Å². The summed E-state index contributed by atoms with van der Waals surface area (Å²) in [6, 6.07) is 0. The summed E-state index contributed by atoms with van der Waals surface area (Å²) < 4.78 is 41.5. The third-order valence-electron chi connectivity index (χ3n) is 5.51. The van der Waals surface area contributed by atoms with Gasteiger partial charge in [0.25, 0.3) is 0 Å². The number of aliphatic hydroxyl groups is 1. The van der Waals surface area contributed by atoms with E-state index in [1.54, 1.807) is 13.8 Å². The molecule has 0 aromatic heterocycles. The van der Waals surface area contributed by atoms with E-state index in [2.05, 4.69) is 19.1 Å². The Kier molecular flexibility index (Phi) is 22.2. The maximum absolute atomic E-state index is 14.3. The number of rotatable bonds is 24. The largest absolute Gasteiger partial charge is 0.463 e. The molecule has 8 heteroatoms. The molecule has 1 unspecified atom stereocenters. The standard InChI is InChI=1S/C26H50FO6P/c1-4-7-8-9-10-11-12-13-14-15-16-17-18-19-20-21-26(29)31-23-24(28)22-25(27)34(30,32-5-2)33-6-3/h13-14,24-25,28H,4-12,15-23H2,1-3H3/t24-,25?/m1/s1. The Hall–Kier alpha value is -0.750. The molecule has 0 bridgehead atoms. The number of ether oxygens (including phenoxy) is 1. The van der Waals surface area contributed by atoms with Crippen molar-refractivity contribution in [2.45, 2.75) is 129 Å². The molecule has 0 aromatic carbocycles. The molecule has 0 radical (unpaired) electrons.